The predicted octanol–water partition coefficient (Wildman–Crippen LogP) is 5.62. The third-order valence-corrected chi connectivity index (χ3v) is 4.62. The van der Waals surface area contributed by atoms with Crippen molar-refractivity contribution in [3.8, 4) is 5.75 Å². The van der Waals surface area contributed by atoms with Crippen molar-refractivity contribution in [1.29, 1.82) is 0 Å². The van der Waals surface area contributed by atoms with Crippen molar-refractivity contribution in [2.45, 2.75) is 26.6 Å². The number of halogens is 5. The Hall–Kier alpha value is -1.96. The first-order chi connectivity index (χ1) is 13.5. The number of hydrogen-bond donors (Lipinski definition) is 1. The van der Waals surface area contributed by atoms with Crippen LogP contribution in [0, 0.1) is 13.8 Å². The minimum absolute atomic E-state index is 0.0754. The maximum atomic E-state index is 12.4. The summed E-state index contributed by atoms with van der Waals surface area (Å²) in [5, 5.41) is 3.37. The van der Waals surface area contributed by atoms with E-state index in [-0.39, 0.29) is 18.2 Å². The van der Waals surface area contributed by atoms with E-state index in [1.54, 1.807) is 56.1 Å². The van der Waals surface area contributed by atoms with Crippen LogP contribution in [0.15, 0.2) is 30.3 Å². The van der Waals surface area contributed by atoms with Gasteiger partial charge in [0, 0.05) is 6.54 Å². The SMILES string of the molecule is Cc1cc(CN(C)CC(=O)Nc2c(Cl)cccc2Cl)cc(C)c1OCC(F)(F)F. The summed E-state index contributed by atoms with van der Waals surface area (Å²) in [6.07, 6.45) is -4.39. The Labute approximate surface area is 177 Å². The second-order valence-electron chi connectivity index (χ2n) is 6.78. The standard InChI is InChI=1S/C20H21Cl2F3N2O2/c1-12-7-14(8-13(2)19(12)29-11-20(23,24)25)9-27(3)10-17(28)26-18-15(21)5-4-6-16(18)22/h4-8H,9-11H2,1-3H3,(H,26,28). The number of aryl methyl sites for hydroxylation is 2. The molecular weight excluding hydrogens is 428 g/mol. The van der Waals surface area contributed by atoms with E-state index in [0.29, 0.717) is 33.4 Å². The van der Waals surface area contributed by atoms with Gasteiger partial charge in [0.15, 0.2) is 6.61 Å². The largest absolute Gasteiger partial charge is 0.484 e. The summed E-state index contributed by atoms with van der Waals surface area (Å²) < 4.78 is 42.1. The molecule has 0 radical (unpaired) electrons. The number of hydrogen-bond acceptors (Lipinski definition) is 3. The number of nitrogens with one attached hydrogen (secondary N) is 1. The summed E-state index contributed by atoms with van der Waals surface area (Å²) in [6, 6.07) is 8.43. The van der Waals surface area contributed by atoms with Gasteiger partial charge in [-0.05, 0) is 49.7 Å². The van der Waals surface area contributed by atoms with Crippen LogP contribution in [0.1, 0.15) is 16.7 Å². The van der Waals surface area contributed by atoms with Crippen LogP contribution in [-0.4, -0.2) is 37.2 Å². The number of amides is 1. The zero-order chi connectivity index (χ0) is 21.8. The van der Waals surface area contributed by atoms with Gasteiger partial charge in [0.2, 0.25) is 5.91 Å². The minimum Gasteiger partial charge on any atom is -0.484 e. The van der Waals surface area contributed by atoms with E-state index in [0.717, 1.165) is 5.56 Å². The fourth-order valence-corrected chi connectivity index (χ4v) is 3.41. The molecular formula is C20H21Cl2F3N2O2. The van der Waals surface area contributed by atoms with Crippen LogP contribution in [-0.2, 0) is 11.3 Å². The zero-order valence-corrected chi connectivity index (χ0v) is 17.7. The maximum absolute atomic E-state index is 12.4. The minimum atomic E-state index is -4.39. The molecule has 0 aliphatic heterocycles. The molecule has 29 heavy (non-hydrogen) atoms. The maximum Gasteiger partial charge on any atom is 0.422 e. The first-order valence-electron chi connectivity index (χ1n) is 8.68. The number of ether oxygens (including phenoxy) is 1. The molecule has 0 unspecified atom stereocenters. The number of nitrogens with zero attached hydrogens (tertiary/aromatic N) is 1. The smallest absolute Gasteiger partial charge is 0.422 e. The van der Waals surface area contributed by atoms with Crippen LogP contribution < -0.4 is 10.1 Å². The molecule has 9 heteroatoms. The lowest BCUT2D eigenvalue weighted by molar-refractivity contribution is -0.153. The van der Waals surface area contributed by atoms with Gasteiger partial charge < -0.3 is 10.1 Å². The van der Waals surface area contributed by atoms with Crippen LogP contribution in [0.5, 0.6) is 5.75 Å². The van der Waals surface area contributed by atoms with Crippen molar-refractivity contribution in [3.63, 3.8) is 0 Å². The van der Waals surface area contributed by atoms with Crippen molar-refractivity contribution >= 4 is 34.8 Å². The molecule has 2 aromatic rings. The number of carbonyl (C=O) groups excluding carboxylic acids is 1. The van der Waals surface area contributed by atoms with Gasteiger partial charge in [-0.1, -0.05) is 41.4 Å². The highest BCUT2D eigenvalue weighted by Crippen LogP contribution is 2.30. The van der Waals surface area contributed by atoms with Crippen LogP contribution >= 0.6 is 23.2 Å². The normalized spacial score (nSPS) is 11.6. The Kier molecular flexibility index (Phi) is 7.80. The first-order valence-corrected chi connectivity index (χ1v) is 9.44. The van der Waals surface area contributed by atoms with E-state index >= 15 is 0 Å². The Bertz CT molecular complexity index is 845. The van der Waals surface area contributed by atoms with Gasteiger partial charge in [0.1, 0.15) is 5.75 Å². The molecule has 0 saturated carbocycles. The summed E-state index contributed by atoms with van der Waals surface area (Å²) >= 11 is 12.1. The molecule has 158 valence electrons. The fraction of sp³-hybridized carbons (Fsp3) is 0.350. The molecule has 0 spiro atoms. The van der Waals surface area contributed by atoms with Crippen molar-refractivity contribution in [3.05, 3.63) is 57.1 Å². The van der Waals surface area contributed by atoms with E-state index in [4.69, 9.17) is 27.9 Å². The number of likely N-dealkylation sites (N-methyl/N-ethyl adjacent to an activating group) is 1. The fourth-order valence-electron chi connectivity index (χ4n) is 2.92. The molecule has 0 bridgehead atoms. The van der Waals surface area contributed by atoms with Gasteiger partial charge in [0.25, 0.3) is 0 Å². The van der Waals surface area contributed by atoms with Gasteiger partial charge in [0.05, 0.1) is 22.3 Å². The van der Waals surface area contributed by atoms with Gasteiger partial charge in [-0.3, -0.25) is 9.69 Å². The van der Waals surface area contributed by atoms with Crippen molar-refractivity contribution in [2.24, 2.45) is 0 Å². The molecule has 0 atom stereocenters. The number of carbonyl (C=O) groups is 1. The highest BCUT2D eigenvalue weighted by Gasteiger charge is 2.29. The average molecular weight is 449 g/mol. The Morgan fingerprint density at radius 3 is 2.21 bits per heavy atom. The quantitative estimate of drug-likeness (QED) is 0.597. The first kappa shape index (κ1) is 23.3. The van der Waals surface area contributed by atoms with E-state index in [1.165, 1.54) is 0 Å². The van der Waals surface area contributed by atoms with Crippen molar-refractivity contribution < 1.29 is 22.7 Å². The molecule has 2 rings (SSSR count). The second kappa shape index (κ2) is 9.69. The Balaban J connectivity index is 1.99. The van der Waals surface area contributed by atoms with E-state index in [1.807, 2.05) is 0 Å². The number of rotatable bonds is 7. The molecule has 1 N–H and O–H groups in total. The zero-order valence-electron chi connectivity index (χ0n) is 16.2. The number of anilines is 1. The van der Waals surface area contributed by atoms with Crippen LogP contribution in [0.3, 0.4) is 0 Å². The molecule has 1 amide bonds. The molecule has 0 aliphatic rings. The Morgan fingerprint density at radius 1 is 1.14 bits per heavy atom. The van der Waals surface area contributed by atoms with Crippen molar-refractivity contribution in [1.82, 2.24) is 4.90 Å². The van der Waals surface area contributed by atoms with Crippen LogP contribution in [0.2, 0.25) is 10.0 Å². The van der Waals surface area contributed by atoms with Gasteiger partial charge in [-0.15, -0.1) is 0 Å². The summed E-state index contributed by atoms with van der Waals surface area (Å²) in [4.78, 5) is 14.1. The molecule has 2 aromatic carbocycles. The number of para-hydroxylation sites is 1. The highest BCUT2D eigenvalue weighted by atomic mass is 35.5. The van der Waals surface area contributed by atoms with Gasteiger partial charge >= 0.3 is 6.18 Å². The van der Waals surface area contributed by atoms with E-state index in [9.17, 15) is 18.0 Å². The highest BCUT2D eigenvalue weighted by molar-refractivity contribution is 6.39. The lowest BCUT2D eigenvalue weighted by Gasteiger charge is -2.19. The summed E-state index contributed by atoms with van der Waals surface area (Å²) in [7, 11) is 1.76. The molecule has 0 fully saturated rings. The molecule has 0 heterocycles. The number of benzene rings is 2. The van der Waals surface area contributed by atoms with Gasteiger partial charge in [-0.25, -0.2) is 0 Å². The van der Waals surface area contributed by atoms with Crippen molar-refractivity contribution in [2.75, 3.05) is 25.5 Å². The average Bonchev–Trinajstić information content (AvgIpc) is 2.56. The Morgan fingerprint density at radius 2 is 1.69 bits per heavy atom. The van der Waals surface area contributed by atoms with Gasteiger partial charge in [-0.2, -0.15) is 13.2 Å². The van der Waals surface area contributed by atoms with E-state index < -0.39 is 12.8 Å². The third kappa shape index (κ3) is 7.10. The summed E-state index contributed by atoms with van der Waals surface area (Å²) in [5.74, 6) is -0.0686. The number of alkyl halides is 3. The molecule has 4 nitrogen and oxygen atoms in total. The predicted molar refractivity (Wildman–Crippen MR) is 109 cm³/mol. The molecule has 0 aromatic heterocycles. The van der Waals surface area contributed by atoms with E-state index in [2.05, 4.69) is 5.32 Å². The summed E-state index contributed by atoms with van der Waals surface area (Å²) in [6.45, 7) is 2.54. The van der Waals surface area contributed by atoms with Crippen LogP contribution in [0.25, 0.3) is 0 Å². The lowest BCUT2D eigenvalue weighted by atomic mass is 10.1. The van der Waals surface area contributed by atoms with Crippen LogP contribution in [0.4, 0.5) is 18.9 Å². The monoisotopic (exact) mass is 448 g/mol. The molecule has 0 saturated heterocycles. The third-order valence-electron chi connectivity index (χ3n) is 3.99. The lowest BCUT2D eigenvalue weighted by Crippen LogP contribution is -2.30. The second-order valence-corrected chi connectivity index (χ2v) is 7.59. The summed E-state index contributed by atoms with van der Waals surface area (Å²) in [5.41, 5.74) is 2.41. The topological polar surface area (TPSA) is 41.6 Å². The molecule has 0 aliphatic carbocycles.